The Kier molecular flexibility index (Phi) is 6.00. The first kappa shape index (κ1) is 18.2. The molecule has 0 bridgehead atoms. The number of nitrogens with zero attached hydrogens (tertiary/aromatic N) is 3. The van der Waals surface area contributed by atoms with E-state index in [9.17, 15) is 10.1 Å². The van der Waals surface area contributed by atoms with Gasteiger partial charge in [-0.25, -0.2) is 0 Å². The Balaban J connectivity index is 1.63. The monoisotopic (exact) mass is 359 g/mol. The quantitative estimate of drug-likeness (QED) is 0.829. The number of carbonyl (C=O) groups is 1. The molecule has 2 heterocycles. The molecule has 2 saturated heterocycles. The number of nitriles is 1. The van der Waals surface area contributed by atoms with Gasteiger partial charge in [-0.2, -0.15) is 17.0 Å². The maximum atomic E-state index is 12.7. The molecule has 0 unspecified atom stereocenters. The first-order chi connectivity index (χ1) is 12.1. The van der Waals surface area contributed by atoms with E-state index in [1.165, 1.54) is 5.56 Å². The molecule has 134 valence electrons. The SMILES string of the molecule is C[C@@H]1CN(Cc2ccc(C(=O)N3CCSC[C@H]3C#N)cc2)C[C@H](C)O1. The van der Waals surface area contributed by atoms with Gasteiger partial charge in [-0.05, 0) is 31.5 Å². The standard InChI is InChI=1S/C19H25N3O2S/c1-14-10-21(11-15(2)24-14)12-16-3-5-17(6-4-16)19(23)22-7-8-25-13-18(22)9-20/h3-6,14-15,18H,7-8,10-13H2,1-2H3/t14-,15+,18-/m1/s1. The lowest BCUT2D eigenvalue weighted by atomic mass is 10.1. The largest absolute Gasteiger partial charge is 0.373 e. The van der Waals surface area contributed by atoms with Crippen LogP contribution in [-0.2, 0) is 11.3 Å². The molecule has 3 rings (SSSR count). The molecule has 0 radical (unpaired) electrons. The molecule has 0 saturated carbocycles. The van der Waals surface area contributed by atoms with Gasteiger partial charge in [-0.15, -0.1) is 0 Å². The molecule has 25 heavy (non-hydrogen) atoms. The van der Waals surface area contributed by atoms with E-state index in [-0.39, 0.29) is 24.2 Å². The zero-order valence-corrected chi connectivity index (χ0v) is 15.7. The Morgan fingerprint density at radius 1 is 1.28 bits per heavy atom. The van der Waals surface area contributed by atoms with Crippen molar-refractivity contribution in [3.05, 3.63) is 35.4 Å². The number of hydrogen-bond donors (Lipinski definition) is 0. The van der Waals surface area contributed by atoms with E-state index in [0.29, 0.717) is 17.9 Å². The third-order valence-electron chi connectivity index (χ3n) is 4.64. The zero-order chi connectivity index (χ0) is 17.8. The van der Waals surface area contributed by atoms with Crippen LogP contribution in [0.4, 0.5) is 0 Å². The van der Waals surface area contributed by atoms with Crippen LogP contribution in [0.25, 0.3) is 0 Å². The van der Waals surface area contributed by atoms with Crippen LogP contribution in [0.2, 0.25) is 0 Å². The van der Waals surface area contributed by atoms with Gasteiger partial charge >= 0.3 is 0 Å². The first-order valence-corrected chi connectivity index (χ1v) is 9.97. The zero-order valence-electron chi connectivity index (χ0n) is 14.9. The van der Waals surface area contributed by atoms with Gasteiger partial charge in [0.25, 0.3) is 5.91 Å². The highest BCUT2D eigenvalue weighted by molar-refractivity contribution is 7.99. The highest BCUT2D eigenvalue weighted by Crippen LogP contribution is 2.20. The van der Waals surface area contributed by atoms with E-state index in [1.54, 1.807) is 16.7 Å². The van der Waals surface area contributed by atoms with Gasteiger partial charge in [-0.3, -0.25) is 9.69 Å². The minimum atomic E-state index is -0.317. The Bertz CT molecular complexity index is 633. The summed E-state index contributed by atoms with van der Waals surface area (Å²) in [6.07, 6.45) is 0.508. The summed E-state index contributed by atoms with van der Waals surface area (Å²) in [6.45, 7) is 7.58. The molecular formula is C19H25N3O2S. The third kappa shape index (κ3) is 4.55. The number of carbonyl (C=O) groups excluding carboxylic acids is 1. The summed E-state index contributed by atoms with van der Waals surface area (Å²) in [5.41, 5.74) is 1.86. The molecule has 2 aliphatic heterocycles. The summed E-state index contributed by atoms with van der Waals surface area (Å²) in [5.74, 6) is 1.57. The molecular weight excluding hydrogens is 334 g/mol. The Labute approximate surface area is 153 Å². The highest BCUT2D eigenvalue weighted by atomic mass is 32.2. The van der Waals surface area contributed by atoms with Crippen LogP contribution in [-0.4, -0.2) is 65.1 Å². The van der Waals surface area contributed by atoms with E-state index in [1.807, 2.05) is 24.3 Å². The summed E-state index contributed by atoms with van der Waals surface area (Å²) in [7, 11) is 0. The number of amides is 1. The van der Waals surface area contributed by atoms with Crippen molar-refractivity contribution < 1.29 is 9.53 Å². The summed E-state index contributed by atoms with van der Waals surface area (Å²) in [4.78, 5) is 16.8. The topological polar surface area (TPSA) is 56.6 Å². The molecule has 2 fully saturated rings. The molecule has 1 aromatic rings. The summed E-state index contributed by atoms with van der Waals surface area (Å²) < 4.78 is 5.77. The number of ether oxygens (including phenoxy) is 1. The lowest BCUT2D eigenvalue weighted by Crippen LogP contribution is -2.45. The third-order valence-corrected chi connectivity index (χ3v) is 5.66. The molecule has 3 atom stereocenters. The molecule has 0 N–H and O–H groups in total. The van der Waals surface area contributed by atoms with Gasteiger partial charge in [0.1, 0.15) is 6.04 Å². The fourth-order valence-electron chi connectivity index (χ4n) is 3.54. The van der Waals surface area contributed by atoms with Crippen molar-refractivity contribution >= 4 is 17.7 Å². The molecule has 1 aromatic carbocycles. The van der Waals surface area contributed by atoms with E-state index in [4.69, 9.17) is 4.74 Å². The van der Waals surface area contributed by atoms with Crippen LogP contribution >= 0.6 is 11.8 Å². The second-order valence-electron chi connectivity index (χ2n) is 6.87. The minimum Gasteiger partial charge on any atom is -0.373 e. The van der Waals surface area contributed by atoms with Gasteiger partial charge in [0, 0.05) is 43.2 Å². The van der Waals surface area contributed by atoms with Gasteiger partial charge in [0.2, 0.25) is 0 Å². The first-order valence-electron chi connectivity index (χ1n) is 8.82. The summed E-state index contributed by atoms with van der Waals surface area (Å²) in [6, 6.07) is 9.76. The van der Waals surface area contributed by atoms with Crippen molar-refractivity contribution in [1.82, 2.24) is 9.80 Å². The number of benzene rings is 1. The predicted octanol–water partition coefficient (Wildman–Crippen LogP) is 2.38. The smallest absolute Gasteiger partial charge is 0.254 e. The average molecular weight is 359 g/mol. The molecule has 0 spiro atoms. The van der Waals surface area contributed by atoms with Gasteiger partial charge in [-0.1, -0.05) is 12.1 Å². The molecule has 6 heteroatoms. The Morgan fingerprint density at radius 3 is 2.60 bits per heavy atom. The normalized spacial score (nSPS) is 27.7. The molecule has 2 aliphatic rings. The highest BCUT2D eigenvalue weighted by Gasteiger charge is 2.27. The van der Waals surface area contributed by atoms with Crippen molar-refractivity contribution in [2.45, 2.75) is 38.6 Å². The second-order valence-corrected chi connectivity index (χ2v) is 8.02. The van der Waals surface area contributed by atoms with Crippen LogP contribution < -0.4 is 0 Å². The Hall–Kier alpha value is -1.55. The fraction of sp³-hybridized carbons (Fsp3) is 0.579. The maximum absolute atomic E-state index is 12.7. The number of rotatable bonds is 3. The molecule has 1 amide bonds. The van der Waals surface area contributed by atoms with Crippen molar-refractivity contribution in [2.24, 2.45) is 0 Å². The van der Waals surface area contributed by atoms with Gasteiger partial charge in [0.15, 0.2) is 0 Å². The minimum absolute atomic E-state index is 0.0352. The maximum Gasteiger partial charge on any atom is 0.254 e. The van der Waals surface area contributed by atoms with Gasteiger partial charge < -0.3 is 9.64 Å². The summed E-state index contributed by atoms with van der Waals surface area (Å²) in [5, 5.41) is 9.25. The van der Waals surface area contributed by atoms with Crippen LogP contribution in [0.5, 0.6) is 0 Å². The van der Waals surface area contributed by atoms with Gasteiger partial charge in [0.05, 0.1) is 18.3 Å². The number of hydrogen-bond acceptors (Lipinski definition) is 5. The van der Waals surface area contributed by atoms with E-state index in [2.05, 4.69) is 24.8 Å². The van der Waals surface area contributed by atoms with Crippen LogP contribution in [0, 0.1) is 11.3 Å². The Morgan fingerprint density at radius 2 is 1.96 bits per heavy atom. The van der Waals surface area contributed by atoms with E-state index in [0.717, 1.165) is 25.4 Å². The average Bonchev–Trinajstić information content (AvgIpc) is 2.61. The van der Waals surface area contributed by atoms with Crippen LogP contribution in [0.1, 0.15) is 29.8 Å². The molecule has 0 aliphatic carbocycles. The molecule has 0 aromatic heterocycles. The lowest BCUT2D eigenvalue weighted by Gasteiger charge is -2.35. The van der Waals surface area contributed by atoms with Crippen molar-refractivity contribution in [1.29, 1.82) is 5.26 Å². The number of morpholine rings is 1. The number of thioether (sulfide) groups is 1. The van der Waals surface area contributed by atoms with Crippen LogP contribution in [0.15, 0.2) is 24.3 Å². The lowest BCUT2D eigenvalue weighted by molar-refractivity contribution is -0.0704. The van der Waals surface area contributed by atoms with E-state index < -0.39 is 0 Å². The van der Waals surface area contributed by atoms with Crippen LogP contribution in [0.3, 0.4) is 0 Å². The second kappa shape index (κ2) is 8.22. The fourth-order valence-corrected chi connectivity index (χ4v) is 4.51. The van der Waals surface area contributed by atoms with E-state index >= 15 is 0 Å². The molecule has 5 nitrogen and oxygen atoms in total. The van der Waals surface area contributed by atoms with Crippen molar-refractivity contribution in [2.75, 3.05) is 31.1 Å². The predicted molar refractivity (Wildman–Crippen MR) is 99.5 cm³/mol. The van der Waals surface area contributed by atoms with Crippen molar-refractivity contribution in [3.63, 3.8) is 0 Å². The van der Waals surface area contributed by atoms with Crippen molar-refractivity contribution in [3.8, 4) is 6.07 Å². The summed E-state index contributed by atoms with van der Waals surface area (Å²) >= 11 is 1.73.